The molecule has 0 saturated carbocycles. The van der Waals surface area contributed by atoms with Gasteiger partial charge < -0.3 is 10.3 Å². The lowest BCUT2D eigenvalue weighted by atomic mass is 10.1. The van der Waals surface area contributed by atoms with Gasteiger partial charge in [-0.15, -0.1) is 0 Å². The van der Waals surface area contributed by atoms with Gasteiger partial charge in [0.2, 0.25) is 10.0 Å². The van der Waals surface area contributed by atoms with Crippen LogP contribution in [-0.4, -0.2) is 24.6 Å². The molecule has 0 unspecified atom stereocenters. The number of aromatic amines is 1. The van der Waals surface area contributed by atoms with E-state index < -0.39 is 10.0 Å². The highest BCUT2D eigenvalue weighted by Crippen LogP contribution is 2.32. The molecule has 2 aromatic heterocycles. The molecule has 132 valence electrons. The first-order valence-electron chi connectivity index (χ1n) is 8.11. The second-order valence-corrected chi connectivity index (χ2v) is 8.06. The maximum absolute atomic E-state index is 11.3. The Balaban J connectivity index is 1.76. The molecule has 26 heavy (non-hydrogen) atoms. The van der Waals surface area contributed by atoms with Crippen molar-refractivity contribution in [3.05, 3.63) is 60.4 Å². The van der Waals surface area contributed by atoms with Gasteiger partial charge in [0.25, 0.3) is 0 Å². The summed E-state index contributed by atoms with van der Waals surface area (Å²) in [6.07, 6.45) is 2.94. The van der Waals surface area contributed by atoms with Crippen molar-refractivity contribution in [3.63, 3.8) is 0 Å². The predicted molar refractivity (Wildman–Crippen MR) is 107 cm³/mol. The monoisotopic (exact) mass is 366 g/mol. The van der Waals surface area contributed by atoms with Gasteiger partial charge in [0.05, 0.1) is 17.5 Å². The Morgan fingerprint density at radius 1 is 1.00 bits per heavy atom. The first kappa shape index (κ1) is 16.4. The molecule has 0 radical (unpaired) electrons. The van der Waals surface area contributed by atoms with E-state index in [9.17, 15) is 8.42 Å². The Hall–Kier alpha value is -3.06. The minimum absolute atomic E-state index is 0.531. The molecule has 0 saturated heterocycles. The predicted octanol–water partition coefficient (Wildman–Crippen LogP) is 4.14. The SMILES string of the molecule is Cc1cc(Nc2ccc(NS(C)(=O)=O)cc2)c2c(ccc3nccc32)[nH]1. The molecule has 0 amide bonds. The standard InChI is InChI=1S/C19H18N4O2S/c1-12-11-18(19-15-9-10-20-16(15)7-8-17(19)21-12)22-13-3-5-14(6-4-13)23-26(2,24)25/h3-11,21-23H,1-2H3. The number of hydrogen-bond donors (Lipinski definition) is 3. The topological polar surface area (TPSA) is 86.9 Å². The number of fused-ring (bicyclic) bond motifs is 3. The smallest absolute Gasteiger partial charge is 0.229 e. The summed E-state index contributed by atoms with van der Waals surface area (Å²) in [4.78, 5) is 7.77. The fourth-order valence-electron chi connectivity index (χ4n) is 3.10. The summed E-state index contributed by atoms with van der Waals surface area (Å²) in [6, 6.07) is 15.2. The fraction of sp³-hybridized carbons (Fsp3) is 0.105. The number of rotatable bonds is 4. The normalized spacial score (nSPS) is 11.8. The number of benzene rings is 2. The van der Waals surface area contributed by atoms with E-state index in [1.807, 2.05) is 37.3 Å². The number of aromatic nitrogens is 2. The summed E-state index contributed by atoms with van der Waals surface area (Å²) in [5.74, 6) is 0. The van der Waals surface area contributed by atoms with Crippen molar-refractivity contribution >= 4 is 48.9 Å². The summed E-state index contributed by atoms with van der Waals surface area (Å²) < 4.78 is 25.1. The summed E-state index contributed by atoms with van der Waals surface area (Å²) >= 11 is 0. The number of nitrogens with zero attached hydrogens (tertiary/aromatic N) is 1. The van der Waals surface area contributed by atoms with E-state index >= 15 is 0 Å². The molecule has 2 aromatic carbocycles. The Labute approximate surface area is 151 Å². The van der Waals surface area contributed by atoms with Crippen LogP contribution in [0.3, 0.4) is 0 Å². The number of sulfonamides is 1. The third kappa shape index (κ3) is 3.21. The average molecular weight is 366 g/mol. The number of anilines is 3. The second-order valence-electron chi connectivity index (χ2n) is 6.31. The van der Waals surface area contributed by atoms with Gasteiger partial charge in [-0.3, -0.25) is 9.71 Å². The van der Waals surface area contributed by atoms with Gasteiger partial charge in [0.1, 0.15) is 0 Å². The van der Waals surface area contributed by atoms with Gasteiger partial charge in [-0.25, -0.2) is 8.42 Å². The maximum atomic E-state index is 11.3. The van der Waals surface area contributed by atoms with Crippen molar-refractivity contribution in [2.45, 2.75) is 6.92 Å². The highest BCUT2D eigenvalue weighted by molar-refractivity contribution is 7.92. The molecule has 0 fully saturated rings. The molecule has 0 bridgehead atoms. The van der Waals surface area contributed by atoms with E-state index in [0.29, 0.717) is 5.69 Å². The van der Waals surface area contributed by atoms with Crippen molar-refractivity contribution in [2.75, 3.05) is 16.3 Å². The van der Waals surface area contributed by atoms with Crippen LogP contribution >= 0.6 is 0 Å². The maximum Gasteiger partial charge on any atom is 0.229 e. The minimum atomic E-state index is -3.28. The van der Waals surface area contributed by atoms with Crippen LogP contribution < -0.4 is 10.0 Å². The fourth-order valence-corrected chi connectivity index (χ4v) is 3.67. The van der Waals surface area contributed by atoms with Crippen molar-refractivity contribution in [3.8, 4) is 0 Å². The van der Waals surface area contributed by atoms with Gasteiger partial charge in [-0.1, -0.05) is 0 Å². The largest absolute Gasteiger partial charge is 0.359 e. The molecular weight excluding hydrogens is 348 g/mol. The zero-order chi connectivity index (χ0) is 18.3. The molecule has 4 aromatic rings. The Morgan fingerprint density at radius 3 is 2.46 bits per heavy atom. The molecule has 7 heteroatoms. The number of hydrogen-bond acceptors (Lipinski definition) is 4. The van der Waals surface area contributed by atoms with E-state index in [2.05, 4.69) is 26.1 Å². The first-order chi connectivity index (χ1) is 12.4. The summed E-state index contributed by atoms with van der Waals surface area (Å²) in [6.45, 7) is 2.01. The molecule has 6 nitrogen and oxygen atoms in total. The van der Waals surface area contributed by atoms with Crippen LogP contribution in [0.4, 0.5) is 17.1 Å². The Bertz CT molecular complexity index is 1210. The van der Waals surface area contributed by atoms with Crippen LogP contribution in [0.15, 0.2) is 54.7 Å². The van der Waals surface area contributed by atoms with E-state index in [1.54, 1.807) is 18.3 Å². The molecule has 0 aliphatic heterocycles. The Kier molecular flexibility index (Phi) is 3.81. The van der Waals surface area contributed by atoms with E-state index in [4.69, 9.17) is 0 Å². The average Bonchev–Trinajstić information content (AvgIpc) is 3.03. The number of aryl methyl sites for hydroxylation is 1. The highest BCUT2D eigenvalue weighted by atomic mass is 32.2. The molecule has 2 heterocycles. The number of H-pyrrole nitrogens is 1. The number of nitrogens with one attached hydrogen (secondary N) is 3. The third-order valence-electron chi connectivity index (χ3n) is 4.11. The van der Waals surface area contributed by atoms with Crippen molar-refractivity contribution in [2.24, 2.45) is 0 Å². The van der Waals surface area contributed by atoms with Crippen LogP contribution in [-0.2, 0) is 10.0 Å². The second kappa shape index (κ2) is 6.03. The van der Waals surface area contributed by atoms with Crippen LogP contribution in [0.1, 0.15) is 5.69 Å². The zero-order valence-electron chi connectivity index (χ0n) is 14.4. The van der Waals surface area contributed by atoms with E-state index in [-0.39, 0.29) is 0 Å². The minimum Gasteiger partial charge on any atom is -0.359 e. The Morgan fingerprint density at radius 2 is 1.73 bits per heavy atom. The third-order valence-corrected chi connectivity index (χ3v) is 4.71. The highest BCUT2D eigenvalue weighted by Gasteiger charge is 2.09. The lowest BCUT2D eigenvalue weighted by molar-refractivity contribution is 0.607. The molecule has 4 rings (SSSR count). The van der Waals surface area contributed by atoms with Crippen LogP contribution in [0, 0.1) is 6.92 Å². The van der Waals surface area contributed by atoms with Crippen LogP contribution in [0.25, 0.3) is 21.8 Å². The quantitative estimate of drug-likeness (QED) is 0.507. The zero-order valence-corrected chi connectivity index (χ0v) is 15.2. The molecular formula is C19H18N4O2S. The van der Waals surface area contributed by atoms with Crippen molar-refractivity contribution < 1.29 is 8.42 Å². The van der Waals surface area contributed by atoms with Crippen LogP contribution in [0.2, 0.25) is 0 Å². The molecule has 3 N–H and O–H groups in total. The van der Waals surface area contributed by atoms with Crippen molar-refractivity contribution in [1.29, 1.82) is 0 Å². The van der Waals surface area contributed by atoms with Gasteiger partial charge in [0.15, 0.2) is 0 Å². The molecule has 0 aliphatic carbocycles. The van der Waals surface area contributed by atoms with Gasteiger partial charge >= 0.3 is 0 Å². The summed E-state index contributed by atoms with van der Waals surface area (Å²) in [5, 5.41) is 5.59. The van der Waals surface area contributed by atoms with Crippen LogP contribution in [0.5, 0.6) is 0 Å². The van der Waals surface area contributed by atoms with E-state index in [1.165, 1.54) is 0 Å². The summed E-state index contributed by atoms with van der Waals surface area (Å²) in [7, 11) is -3.28. The van der Waals surface area contributed by atoms with Gasteiger partial charge in [0, 0.05) is 39.6 Å². The van der Waals surface area contributed by atoms with Gasteiger partial charge in [-0.2, -0.15) is 0 Å². The molecule has 0 spiro atoms. The number of pyridine rings is 1. The first-order valence-corrected chi connectivity index (χ1v) is 10.0. The van der Waals surface area contributed by atoms with E-state index in [0.717, 1.165) is 45.1 Å². The van der Waals surface area contributed by atoms with Crippen molar-refractivity contribution in [1.82, 2.24) is 9.97 Å². The molecule has 0 aliphatic rings. The molecule has 0 atom stereocenters. The summed E-state index contributed by atoms with van der Waals surface area (Å²) in [5.41, 5.74) is 5.39. The van der Waals surface area contributed by atoms with Gasteiger partial charge in [-0.05, 0) is 55.5 Å². The lowest BCUT2D eigenvalue weighted by Crippen LogP contribution is -2.09. The lowest BCUT2D eigenvalue weighted by Gasteiger charge is -2.13.